The molecule has 54 valence electrons. The summed E-state index contributed by atoms with van der Waals surface area (Å²) in [5, 5.41) is 9.72. The molecule has 0 aliphatic heterocycles. The number of fused-ring (bicyclic) bond motifs is 1. The Hall–Kier alpha value is -1.27. The average Bonchev–Trinajstić information content (AvgIpc) is 2.45. The monoisotopic (exact) mass is 162 g/mol. The second kappa shape index (κ2) is 2.11. The van der Waals surface area contributed by atoms with E-state index in [-0.39, 0.29) is 0 Å². The van der Waals surface area contributed by atoms with Gasteiger partial charge in [-0.05, 0) is 13.0 Å². The van der Waals surface area contributed by atoms with Crippen LogP contribution in [0.1, 0.15) is 10.4 Å². The van der Waals surface area contributed by atoms with Gasteiger partial charge < -0.3 is 4.98 Å². The molecule has 2 aromatic rings. The van der Waals surface area contributed by atoms with Crippen LogP contribution in [0.3, 0.4) is 0 Å². The summed E-state index contributed by atoms with van der Waals surface area (Å²) < 4.78 is 0. The fourth-order valence-electron chi connectivity index (χ4n) is 1.13. The van der Waals surface area contributed by atoms with Crippen molar-refractivity contribution in [3.63, 3.8) is 0 Å². The van der Waals surface area contributed by atoms with E-state index in [1.165, 1.54) is 4.88 Å². The van der Waals surface area contributed by atoms with Crippen LogP contribution in [0.5, 0.6) is 0 Å². The van der Waals surface area contributed by atoms with Crippen molar-refractivity contribution in [1.29, 1.82) is 5.26 Å². The van der Waals surface area contributed by atoms with Crippen molar-refractivity contribution < 1.29 is 0 Å². The minimum absolute atomic E-state index is 0.740. The molecule has 0 atom stereocenters. The van der Waals surface area contributed by atoms with Gasteiger partial charge >= 0.3 is 0 Å². The molecule has 0 aliphatic rings. The summed E-state index contributed by atoms with van der Waals surface area (Å²) in [6.45, 7) is 2.04. The van der Waals surface area contributed by atoms with Gasteiger partial charge in [-0.1, -0.05) is 0 Å². The third kappa shape index (κ3) is 0.837. The Kier molecular flexibility index (Phi) is 1.23. The van der Waals surface area contributed by atoms with E-state index in [1.807, 2.05) is 13.0 Å². The number of aryl methyl sites for hydroxylation is 1. The zero-order valence-electron chi connectivity index (χ0n) is 6.01. The van der Waals surface area contributed by atoms with Gasteiger partial charge in [0.05, 0.1) is 5.56 Å². The van der Waals surface area contributed by atoms with Crippen molar-refractivity contribution in [1.82, 2.24) is 4.98 Å². The first-order valence-electron chi connectivity index (χ1n) is 3.29. The molecule has 2 heterocycles. The van der Waals surface area contributed by atoms with Gasteiger partial charge in [-0.25, -0.2) is 0 Å². The van der Waals surface area contributed by atoms with Crippen molar-refractivity contribution in [3.8, 4) is 6.07 Å². The van der Waals surface area contributed by atoms with Crippen LogP contribution in [0.25, 0.3) is 10.2 Å². The summed E-state index contributed by atoms with van der Waals surface area (Å²) >= 11 is 1.68. The predicted molar refractivity (Wildman–Crippen MR) is 45.6 cm³/mol. The summed E-state index contributed by atoms with van der Waals surface area (Å²) in [7, 11) is 0. The van der Waals surface area contributed by atoms with Crippen LogP contribution in [0.4, 0.5) is 0 Å². The molecular formula is C8H6N2S. The Morgan fingerprint density at radius 1 is 1.64 bits per heavy atom. The smallest absolute Gasteiger partial charge is 0.101 e. The van der Waals surface area contributed by atoms with Crippen LogP contribution in [-0.4, -0.2) is 4.98 Å². The number of H-pyrrole nitrogens is 1. The standard InChI is InChI=1S/C8H6N2S/c1-5-2-7-6(3-9)4-10-8(7)11-5/h2,4,10H,1H3. The van der Waals surface area contributed by atoms with Crippen molar-refractivity contribution in [2.75, 3.05) is 0 Å². The molecule has 2 aromatic heterocycles. The van der Waals surface area contributed by atoms with Crippen molar-refractivity contribution in [2.24, 2.45) is 0 Å². The van der Waals surface area contributed by atoms with E-state index in [4.69, 9.17) is 5.26 Å². The molecule has 0 radical (unpaired) electrons. The molecule has 2 rings (SSSR count). The maximum absolute atomic E-state index is 8.67. The molecule has 0 bridgehead atoms. The minimum Gasteiger partial charge on any atom is -0.352 e. The van der Waals surface area contributed by atoms with Gasteiger partial charge in [0.2, 0.25) is 0 Å². The van der Waals surface area contributed by atoms with Crippen LogP contribution >= 0.6 is 11.3 Å². The van der Waals surface area contributed by atoms with E-state index in [9.17, 15) is 0 Å². The van der Waals surface area contributed by atoms with Gasteiger partial charge in [0, 0.05) is 16.5 Å². The van der Waals surface area contributed by atoms with E-state index in [2.05, 4.69) is 11.1 Å². The first-order valence-corrected chi connectivity index (χ1v) is 4.10. The molecule has 2 nitrogen and oxygen atoms in total. The summed E-state index contributed by atoms with van der Waals surface area (Å²) in [6, 6.07) is 4.18. The van der Waals surface area contributed by atoms with E-state index in [0.717, 1.165) is 15.8 Å². The zero-order chi connectivity index (χ0) is 7.84. The Labute approximate surface area is 68.1 Å². The molecule has 0 aromatic carbocycles. The van der Waals surface area contributed by atoms with Gasteiger partial charge in [0.15, 0.2) is 0 Å². The molecule has 0 unspecified atom stereocenters. The van der Waals surface area contributed by atoms with Crippen molar-refractivity contribution >= 4 is 21.6 Å². The molecule has 0 aliphatic carbocycles. The lowest BCUT2D eigenvalue weighted by Crippen LogP contribution is -1.62. The molecular weight excluding hydrogens is 156 g/mol. The van der Waals surface area contributed by atoms with Gasteiger partial charge in [0.25, 0.3) is 0 Å². The van der Waals surface area contributed by atoms with E-state index >= 15 is 0 Å². The normalized spacial score (nSPS) is 10.2. The van der Waals surface area contributed by atoms with Crippen LogP contribution in [0, 0.1) is 18.3 Å². The first-order chi connectivity index (χ1) is 5.31. The highest BCUT2D eigenvalue weighted by molar-refractivity contribution is 7.18. The molecule has 0 saturated heterocycles. The number of nitrogens with one attached hydrogen (secondary N) is 1. The summed E-state index contributed by atoms with van der Waals surface area (Å²) in [4.78, 5) is 5.39. The minimum atomic E-state index is 0.740. The highest BCUT2D eigenvalue weighted by Crippen LogP contribution is 2.26. The van der Waals surface area contributed by atoms with Gasteiger partial charge in [-0.15, -0.1) is 11.3 Å². The maximum Gasteiger partial charge on any atom is 0.101 e. The van der Waals surface area contributed by atoms with Gasteiger partial charge in [-0.3, -0.25) is 0 Å². The van der Waals surface area contributed by atoms with E-state index < -0.39 is 0 Å². The third-order valence-electron chi connectivity index (χ3n) is 1.61. The van der Waals surface area contributed by atoms with E-state index in [1.54, 1.807) is 17.5 Å². The number of nitriles is 1. The number of aromatic amines is 1. The lowest BCUT2D eigenvalue weighted by molar-refractivity contribution is 1.46. The highest BCUT2D eigenvalue weighted by Gasteiger charge is 2.04. The highest BCUT2D eigenvalue weighted by atomic mass is 32.1. The van der Waals surface area contributed by atoms with Gasteiger partial charge in [-0.2, -0.15) is 5.26 Å². The lowest BCUT2D eigenvalue weighted by Gasteiger charge is -1.74. The molecule has 0 amide bonds. The molecule has 11 heavy (non-hydrogen) atoms. The molecule has 3 heteroatoms. The third-order valence-corrected chi connectivity index (χ3v) is 2.60. The quantitative estimate of drug-likeness (QED) is 0.634. The SMILES string of the molecule is Cc1cc2c(C#N)c[nH]c2s1. The number of rotatable bonds is 0. The fourth-order valence-corrected chi connectivity index (χ4v) is 2.02. The summed E-state index contributed by atoms with van der Waals surface area (Å²) in [5.41, 5.74) is 0.740. The fraction of sp³-hybridized carbons (Fsp3) is 0.125. The topological polar surface area (TPSA) is 39.6 Å². The summed E-state index contributed by atoms with van der Waals surface area (Å²) in [6.07, 6.45) is 1.75. The number of hydrogen-bond acceptors (Lipinski definition) is 2. The predicted octanol–water partition coefficient (Wildman–Crippen LogP) is 2.41. The number of aromatic nitrogens is 1. The molecule has 0 fully saturated rings. The number of nitrogens with zero attached hydrogens (tertiary/aromatic N) is 1. The first kappa shape index (κ1) is 6.44. The second-order valence-corrected chi connectivity index (χ2v) is 3.67. The Morgan fingerprint density at radius 2 is 2.45 bits per heavy atom. The molecule has 1 N–H and O–H groups in total. The lowest BCUT2D eigenvalue weighted by atomic mass is 10.2. The van der Waals surface area contributed by atoms with Crippen LogP contribution in [0.2, 0.25) is 0 Å². The molecule has 0 spiro atoms. The zero-order valence-corrected chi connectivity index (χ0v) is 6.83. The van der Waals surface area contributed by atoms with E-state index in [0.29, 0.717) is 0 Å². The largest absolute Gasteiger partial charge is 0.352 e. The Morgan fingerprint density at radius 3 is 3.18 bits per heavy atom. The second-order valence-electron chi connectivity index (χ2n) is 2.41. The maximum atomic E-state index is 8.67. The van der Waals surface area contributed by atoms with Crippen LogP contribution in [0.15, 0.2) is 12.3 Å². The Balaban J connectivity index is 2.86. The van der Waals surface area contributed by atoms with Crippen LogP contribution < -0.4 is 0 Å². The van der Waals surface area contributed by atoms with Crippen LogP contribution in [-0.2, 0) is 0 Å². The number of hydrogen-bond donors (Lipinski definition) is 1. The van der Waals surface area contributed by atoms with Crippen molar-refractivity contribution in [3.05, 3.63) is 22.7 Å². The van der Waals surface area contributed by atoms with Crippen molar-refractivity contribution in [2.45, 2.75) is 6.92 Å². The average molecular weight is 162 g/mol. The number of thiophene rings is 1. The molecule has 0 saturated carbocycles. The summed E-state index contributed by atoms with van der Waals surface area (Å²) in [5.74, 6) is 0. The van der Waals surface area contributed by atoms with Gasteiger partial charge in [0.1, 0.15) is 10.9 Å². The Bertz CT molecular complexity index is 430.